The second-order valence-corrected chi connectivity index (χ2v) is 5.70. The standard InChI is InChI=1S/C19H24ClNO2/c1-3-22-16-10-9-14(19(12-16)23-4-2)11-15(13-21)17-7-5-6-8-18(17)20/h5-10,12,15H,3-4,11,13,21H2,1-2H3. The molecule has 0 aromatic heterocycles. The van der Waals surface area contributed by atoms with Crippen LogP contribution in [-0.4, -0.2) is 19.8 Å². The molecule has 0 radical (unpaired) electrons. The Morgan fingerprint density at radius 3 is 2.43 bits per heavy atom. The summed E-state index contributed by atoms with van der Waals surface area (Å²) in [5.41, 5.74) is 8.19. The molecule has 0 saturated carbocycles. The van der Waals surface area contributed by atoms with Crippen molar-refractivity contribution in [3.63, 3.8) is 0 Å². The summed E-state index contributed by atoms with van der Waals surface area (Å²) in [7, 11) is 0. The van der Waals surface area contributed by atoms with Gasteiger partial charge in [0.05, 0.1) is 13.2 Å². The number of benzene rings is 2. The van der Waals surface area contributed by atoms with E-state index in [2.05, 4.69) is 6.07 Å². The molecule has 0 aliphatic carbocycles. The third kappa shape index (κ3) is 4.63. The average Bonchev–Trinajstić information content (AvgIpc) is 2.56. The van der Waals surface area contributed by atoms with Crippen molar-refractivity contribution in [2.24, 2.45) is 5.73 Å². The topological polar surface area (TPSA) is 44.5 Å². The second-order valence-electron chi connectivity index (χ2n) is 5.29. The Hall–Kier alpha value is -1.71. The highest BCUT2D eigenvalue weighted by Gasteiger charge is 2.16. The lowest BCUT2D eigenvalue weighted by molar-refractivity contribution is 0.320. The maximum absolute atomic E-state index is 6.32. The lowest BCUT2D eigenvalue weighted by Crippen LogP contribution is -2.16. The molecule has 124 valence electrons. The minimum absolute atomic E-state index is 0.154. The lowest BCUT2D eigenvalue weighted by Gasteiger charge is -2.19. The zero-order chi connectivity index (χ0) is 16.7. The van der Waals surface area contributed by atoms with Crippen LogP contribution < -0.4 is 15.2 Å². The van der Waals surface area contributed by atoms with E-state index in [1.54, 1.807) is 0 Å². The Morgan fingerprint density at radius 1 is 1.04 bits per heavy atom. The highest BCUT2D eigenvalue weighted by molar-refractivity contribution is 6.31. The molecule has 0 aliphatic heterocycles. The fraction of sp³-hybridized carbons (Fsp3) is 0.368. The summed E-state index contributed by atoms with van der Waals surface area (Å²) >= 11 is 6.32. The summed E-state index contributed by atoms with van der Waals surface area (Å²) in [4.78, 5) is 0. The number of rotatable bonds is 8. The van der Waals surface area contributed by atoms with Crippen molar-refractivity contribution < 1.29 is 9.47 Å². The highest BCUT2D eigenvalue weighted by Crippen LogP contribution is 2.32. The van der Waals surface area contributed by atoms with Gasteiger partial charge >= 0.3 is 0 Å². The van der Waals surface area contributed by atoms with E-state index in [1.165, 1.54) is 0 Å². The third-order valence-electron chi connectivity index (χ3n) is 3.75. The molecule has 1 unspecified atom stereocenters. The van der Waals surface area contributed by atoms with Crippen molar-refractivity contribution >= 4 is 11.6 Å². The van der Waals surface area contributed by atoms with Gasteiger partial charge in [0.1, 0.15) is 11.5 Å². The van der Waals surface area contributed by atoms with Crippen LogP contribution in [-0.2, 0) is 6.42 Å². The van der Waals surface area contributed by atoms with Gasteiger partial charge in [-0.15, -0.1) is 0 Å². The predicted octanol–water partition coefficient (Wildman–Crippen LogP) is 4.42. The molecule has 3 nitrogen and oxygen atoms in total. The maximum Gasteiger partial charge on any atom is 0.126 e. The summed E-state index contributed by atoms with van der Waals surface area (Å²) in [5, 5.41) is 0.756. The van der Waals surface area contributed by atoms with Crippen molar-refractivity contribution in [3.8, 4) is 11.5 Å². The first-order valence-electron chi connectivity index (χ1n) is 8.02. The van der Waals surface area contributed by atoms with Crippen LogP contribution in [0.25, 0.3) is 0 Å². The minimum Gasteiger partial charge on any atom is -0.494 e. The predicted molar refractivity (Wildman–Crippen MR) is 95.7 cm³/mol. The van der Waals surface area contributed by atoms with E-state index in [0.717, 1.165) is 34.1 Å². The van der Waals surface area contributed by atoms with E-state index in [-0.39, 0.29) is 5.92 Å². The quantitative estimate of drug-likeness (QED) is 0.777. The van der Waals surface area contributed by atoms with Crippen molar-refractivity contribution in [3.05, 3.63) is 58.6 Å². The van der Waals surface area contributed by atoms with Gasteiger partial charge in [0.15, 0.2) is 0 Å². The molecule has 0 spiro atoms. The average molecular weight is 334 g/mol. The number of halogens is 1. The Bertz CT molecular complexity index is 631. The summed E-state index contributed by atoms with van der Waals surface area (Å²) in [6.45, 7) is 5.72. The van der Waals surface area contributed by atoms with Crippen LogP contribution in [0.4, 0.5) is 0 Å². The fourth-order valence-corrected chi connectivity index (χ4v) is 2.93. The first kappa shape index (κ1) is 17.6. The molecule has 0 bridgehead atoms. The van der Waals surface area contributed by atoms with E-state index in [9.17, 15) is 0 Å². The van der Waals surface area contributed by atoms with Gasteiger partial charge in [-0.1, -0.05) is 35.9 Å². The van der Waals surface area contributed by atoms with Crippen LogP contribution in [0.1, 0.15) is 30.9 Å². The molecule has 2 aromatic carbocycles. The zero-order valence-corrected chi connectivity index (χ0v) is 14.5. The van der Waals surface area contributed by atoms with Gasteiger partial charge in [0.2, 0.25) is 0 Å². The second kappa shape index (κ2) is 8.80. The summed E-state index contributed by atoms with van der Waals surface area (Å²) < 4.78 is 11.3. The van der Waals surface area contributed by atoms with Gasteiger partial charge in [-0.05, 0) is 50.1 Å². The van der Waals surface area contributed by atoms with E-state index < -0.39 is 0 Å². The summed E-state index contributed by atoms with van der Waals surface area (Å²) in [6.07, 6.45) is 0.780. The molecule has 0 amide bonds. The molecule has 4 heteroatoms. The van der Waals surface area contributed by atoms with Crippen molar-refractivity contribution in [1.29, 1.82) is 0 Å². The first-order valence-corrected chi connectivity index (χ1v) is 8.40. The Kier molecular flexibility index (Phi) is 6.75. The maximum atomic E-state index is 6.32. The summed E-state index contributed by atoms with van der Waals surface area (Å²) in [6, 6.07) is 13.8. The Balaban J connectivity index is 2.27. The molecule has 2 aromatic rings. The summed E-state index contributed by atoms with van der Waals surface area (Å²) in [5.74, 6) is 1.83. The van der Waals surface area contributed by atoms with E-state index in [1.807, 2.05) is 50.2 Å². The fourth-order valence-electron chi connectivity index (χ4n) is 2.64. The molecule has 23 heavy (non-hydrogen) atoms. The van der Waals surface area contributed by atoms with Crippen LogP contribution in [0, 0.1) is 0 Å². The van der Waals surface area contributed by atoms with Gasteiger partial charge in [0, 0.05) is 17.0 Å². The lowest BCUT2D eigenvalue weighted by atomic mass is 9.91. The number of hydrogen-bond donors (Lipinski definition) is 1. The molecule has 0 heterocycles. The van der Waals surface area contributed by atoms with Crippen LogP contribution in [0.15, 0.2) is 42.5 Å². The Morgan fingerprint density at radius 2 is 1.78 bits per heavy atom. The smallest absolute Gasteiger partial charge is 0.126 e. The molecule has 1 atom stereocenters. The molecular formula is C19H24ClNO2. The van der Waals surface area contributed by atoms with E-state index in [4.69, 9.17) is 26.8 Å². The number of ether oxygens (including phenoxy) is 2. The molecule has 0 fully saturated rings. The monoisotopic (exact) mass is 333 g/mol. The van der Waals surface area contributed by atoms with Gasteiger partial charge in [0.25, 0.3) is 0 Å². The number of hydrogen-bond acceptors (Lipinski definition) is 3. The molecule has 0 aliphatic rings. The van der Waals surface area contributed by atoms with Crippen LogP contribution >= 0.6 is 11.6 Å². The van der Waals surface area contributed by atoms with Gasteiger partial charge in [-0.3, -0.25) is 0 Å². The Labute approximate surface area is 143 Å². The van der Waals surface area contributed by atoms with Gasteiger partial charge in [-0.25, -0.2) is 0 Å². The van der Waals surface area contributed by atoms with E-state index in [0.29, 0.717) is 19.8 Å². The van der Waals surface area contributed by atoms with Crippen molar-refractivity contribution in [1.82, 2.24) is 0 Å². The van der Waals surface area contributed by atoms with Crippen LogP contribution in [0.3, 0.4) is 0 Å². The van der Waals surface area contributed by atoms with Gasteiger partial charge < -0.3 is 15.2 Å². The third-order valence-corrected chi connectivity index (χ3v) is 4.09. The van der Waals surface area contributed by atoms with Crippen molar-refractivity contribution in [2.75, 3.05) is 19.8 Å². The molecule has 0 saturated heterocycles. The first-order chi connectivity index (χ1) is 11.2. The van der Waals surface area contributed by atoms with Crippen molar-refractivity contribution in [2.45, 2.75) is 26.2 Å². The molecular weight excluding hydrogens is 310 g/mol. The molecule has 2 N–H and O–H groups in total. The highest BCUT2D eigenvalue weighted by atomic mass is 35.5. The van der Waals surface area contributed by atoms with Crippen LogP contribution in [0.2, 0.25) is 5.02 Å². The minimum atomic E-state index is 0.154. The largest absolute Gasteiger partial charge is 0.494 e. The normalized spacial score (nSPS) is 12.0. The zero-order valence-electron chi connectivity index (χ0n) is 13.7. The number of nitrogens with two attached hydrogens (primary N) is 1. The SMILES string of the molecule is CCOc1ccc(CC(CN)c2ccccc2Cl)c(OCC)c1. The van der Waals surface area contributed by atoms with E-state index >= 15 is 0 Å². The molecule has 2 rings (SSSR count). The van der Waals surface area contributed by atoms with Crippen LogP contribution in [0.5, 0.6) is 11.5 Å². The van der Waals surface area contributed by atoms with Gasteiger partial charge in [-0.2, -0.15) is 0 Å².